The zero-order chi connectivity index (χ0) is 13.2. The van der Waals surface area contributed by atoms with E-state index in [9.17, 15) is 4.79 Å². The SMILES string of the molecule is COC(=O)c1ccc2nn(-c3ccccc3)nc2c1. The maximum Gasteiger partial charge on any atom is 0.337 e. The fourth-order valence-corrected chi connectivity index (χ4v) is 1.84. The Morgan fingerprint density at radius 1 is 1.05 bits per heavy atom. The molecule has 0 bridgehead atoms. The van der Waals surface area contributed by atoms with E-state index in [2.05, 4.69) is 14.9 Å². The number of methoxy groups -OCH3 is 1. The van der Waals surface area contributed by atoms with Crippen LogP contribution in [-0.4, -0.2) is 28.1 Å². The van der Waals surface area contributed by atoms with E-state index in [1.54, 1.807) is 23.0 Å². The molecule has 5 heteroatoms. The van der Waals surface area contributed by atoms with Gasteiger partial charge in [0.25, 0.3) is 0 Å². The average Bonchev–Trinajstić information content (AvgIpc) is 2.90. The molecule has 1 heterocycles. The molecule has 0 fully saturated rings. The highest BCUT2D eigenvalue weighted by molar-refractivity contribution is 5.93. The van der Waals surface area contributed by atoms with Gasteiger partial charge in [0.2, 0.25) is 0 Å². The number of carbonyl (C=O) groups is 1. The lowest BCUT2D eigenvalue weighted by Crippen LogP contribution is -2.00. The molecule has 0 aliphatic heterocycles. The molecular formula is C14H11N3O2. The summed E-state index contributed by atoms with van der Waals surface area (Å²) in [5.74, 6) is -0.379. The standard InChI is InChI=1S/C14H11N3O2/c1-19-14(18)10-7-8-12-13(9-10)16-17(15-12)11-5-3-2-4-6-11/h2-9H,1H3. The van der Waals surface area contributed by atoms with E-state index in [1.807, 2.05) is 30.3 Å². The molecule has 0 saturated heterocycles. The van der Waals surface area contributed by atoms with E-state index < -0.39 is 0 Å². The quantitative estimate of drug-likeness (QED) is 0.657. The molecule has 0 amide bonds. The number of carbonyl (C=O) groups excluding carboxylic acids is 1. The summed E-state index contributed by atoms with van der Waals surface area (Å²) >= 11 is 0. The highest BCUT2D eigenvalue weighted by Gasteiger charge is 2.09. The van der Waals surface area contributed by atoms with Crippen LogP contribution >= 0.6 is 0 Å². The number of aromatic nitrogens is 3. The van der Waals surface area contributed by atoms with E-state index in [0.29, 0.717) is 11.1 Å². The molecular weight excluding hydrogens is 242 g/mol. The summed E-state index contributed by atoms with van der Waals surface area (Å²) in [5.41, 5.74) is 2.73. The Bertz CT molecular complexity index is 735. The molecule has 0 spiro atoms. The minimum atomic E-state index is -0.379. The number of ether oxygens (including phenoxy) is 1. The first-order valence-electron chi connectivity index (χ1n) is 5.79. The maximum absolute atomic E-state index is 11.5. The molecule has 3 rings (SSSR count). The van der Waals surface area contributed by atoms with Gasteiger partial charge in [-0.15, -0.1) is 10.2 Å². The van der Waals surface area contributed by atoms with Gasteiger partial charge in [0, 0.05) is 0 Å². The average molecular weight is 253 g/mol. The number of para-hydroxylation sites is 1. The second kappa shape index (κ2) is 4.53. The molecule has 2 aromatic carbocycles. The third-order valence-corrected chi connectivity index (χ3v) is 2.79. The summed E-state index contributed by atoms with van der Waals surface area (Å²) in [4.78, 5) is 13.0. The van der Waals surface area contributed by atoms with Crippen LogP contribution in [0.15, 0.2) is 48.5 Å². The Balaban J connectivity index is 2.09. The van der Waals surface area contributed by atoms with Crippen molar-refractivity contribution < 1.29 is 9.53 Å². The molecule has 0 radical (unpaired) electrons. The van der Waals surface area contributed by atoms with Crippen molar-refractivity contribution >= 4 is 17.0 Å². The van der Waals surface area contributed by atoms with Gasteiger partial charge in [-0.3, -0.25) is 0 Å². The summed E-state index contributed by atoms with van der Waals surface area (Å²) in [6.45, 7) is 0. The lowest BCUT2D eigenvalue weighted by molar-refractivity contribution is 0.0601. The van der Waals surface area contributed by atoms with Gasteiger partial charge in [-0.2, -0.15) is 4.80 Å². The third kappa shape index (κ3) is 2.06. The van der Waals surface area contributed by atoms with Crippen molar-refractivity contribution in [2.24, 2.45) is 0 Å². The number of fused-ring (bicyclic) bond motifs is 1. The van der Waals surface area contributed by atoms with E-state index in [0.717, 1.165) is 11.2 Å². The minimum absolute atomic E-state index is 0.379. The van der Waals surface area contributed by atoms with Crippen LogP contribution in [0.5, 0.6) is 0 Å². The van der Waals surface area contributed by atoms with E-state index in [4.69, 9.17) is 0 Å². The van der Waals surface area contributed by atoms with Gasteiger partial charge in [-0.25, -0.2) is 4.79 Å². The summed E-state index contributed by atoms with van der Waals surface area (Å²) in [6.07, 6.45) is 0. The Morgan fingerprint density at radius 2 is 1.79 bits per heavy atom. The van der Waals surface area contributed by atoms with Gasteiger partial charge in [-0.05, 0) is 30.3 Å². The minimum Gasteiger partial charge on any atom is -0.465 e. The molecule has 0 aliphatic carbocycles. The van der Waals surface area contributed by atoms with Crippen LogP contribution in [0.2, 0.25) is 0 Å². The first-order valence-corrected chi connectivity index (χ1v) is 5.79. The number of esters is 1. The highest BCUT2D eigenvalue weighted by Crippen LogP contribution is 2.14. The highest BCUT2D eigenvalue weighted by atomic mass is 16.5. The lowest BCUT2D eigenvalue weighted by atomic mass is 10.2. The largest absolute Gasteiger partial charge is 0.465 e. The van der Waals surface area contributed by atoms with Crippen LogP contribution < -0.4 is 0 Å². The Labute approximate surface area is 109 Å². The molecule has 1 aromatic heterocycles. The zero-order valence-electron chi connectivity index (χ0n) is 10.3. The summed E-state index contributed by atoms with van der Waals surface area (Å²) in [6, 6.07) is 14.7. The maximum atomic E-state index is 11.5. The number of hydrogen-bond donors (Lipinski definition) is 0. The van der Waals surface area contributed by atoms with Gasteiger partial charge >= 0.3 is 5.97 Å². The second-order valence-corrected chi connectivity index (χ2v) is 4.02. The van der Waals surface area contributed by atoms with Crippen molar-refractivity contribution in [1.82, 2.24) is 15.0 Å². The van der Waals surface area contributed by atoms with Crippen LogP contribution in [0.1, 0.15) is 10.4 Å². The van der Waals surface area contributed by atoms with Crippen molar-refractivity contribution in [3.8, 4) is 5.69 Å². The van der Waals surface area contributed by atoms with Gasteiger partial charge in [0.15, 0.2) is 0 Å². The van der Waals surface area contributed by atoms with Crippen molar-refractivity contribution in [1.29, 1.82) is 0 Å². The monoisotopic (exact) mass is 253 g/mol. The van der Waals surface area contributed by atoms with E-state index in [-0.39, 0.29) is 5.97 Å². The lowest BCUT2D eigenvalue weighted by Gasteiger charge is -1.96. The van der Waals surface area contributed by atoms with Crippen molar-refractivity contribution in [2.45, 2.75) is 0 Å². The van der Waals surface area contributed by atoms with Crippen molar-refractivity contribution in [3.05, 3.63) is 54.1 Å². The predicted molar refractivity (Wildman–Crippen MR) is 70.2 cm³/mol. The molecule has 0 unspecified atom stereocenters. The van der Waals surface area contributed by atoms with Crippen LogP contribution in [0, 0.1) is 0 Å². The fraction of sp³-hybridized carbons (Fsp3) is 0.0714. The third-order valence-electron chi connectivity index (χ3n) is 2.79. The topological polar surface area (TPSA) is 57.0 Å². The van der Waals surface area contributed by atoms with Crippen LogP contribution in [0.4, 0.5) is 0 Å². The summed E-state index contributed by atoms with van der Waals surface area (Å²) < 4.78 is 4.68. The van der Waals surface area contributed by atoms with Gasteiger partial charge in [0.1, 0.15) is 11.0 Å². The number of hydrogen-bond acceptors (Lipinski definition) is 4. The predicted octanol–water partition coefficient (Wildman–Crippen LogP) is 2.21. The summed E-state index contributed by atoms with van der Waals surface area (Å²) in [7, 11) is 1.35. The Hall–Kier alpha value is -2.69. The molecule has 94 valence electrons. The Kier molecular flexibility index (Phi) is 2.72. The molecule has 0 aliphatic rings. The molecule has 0 atom stereocenters. The smallest absolute Gasteiger partial charge is 0.337 e. The first kappa shape index (κ1) is 11.4. The van der Waals surface area contributed by atoms with Gasteiger partial charge in [-0.1, -0.05) is 18.2 Å². The molecule has 5 nitrogen and oxygen atoms in total. The first-order chi connectivity index (χ1) is 9.28. The number of benzene rings is 2. The second-order valence-electron chi connectivity index (χ2n) is 4.02. The molecule has 0 N–H and O–H groups in total. The number of rotatable bonds is 2. The van der Waals surface area contributed by atoms with Crippen molar-refractivity contribution in [2.75, 3.05) is 7.11 Å². The summed E-state index contributed by atoms with van der Waals surface area (Å²) in [5, 5.41) is 8.72. The zero-order valence-corrected chi connectivity index (χ0v) is 10.3. The normalized spacial score (nSPS) is 10.6. The van der Waals surface area contributed by atoms with Crippen LogP contribution in [0.3, 0.4) is 0 Å². The van der Waals surface area contributed by atoms with E-state index >= 15 is 0 Å². The Morgan fingerprint density at radius 3 is 2.53 bits per heavy atom. The number of nitrogens with zero attached hydrogens (tertiary/aromatic N) is 3. The van der Waals surface area contributed by atoms with Crippen molar-refractivity contribution in [3.63, 3.8) is 0 Å². The fourth-order valence-electron chi connectivity index (χ4n) is 1.84. The van der Waals surface area contributed by atoms with Gasteiger partial charge < -0.3 is 4.74 Å². The molecule has 19 heavy (non-hydrogen) atoms. The molecule has 0 saturated carbocycles. The van der Waals surface area contributed by atoms with Gasteiger partial charge in [0.05, 0.1) is 18.4 Å². The molecule has 3 aromatic rings. The van der Waals surface area contributed by atoms with Crippen LogP contribution in [0.25, 0.3) is 16.7 Å². The van der Waals surface area contributed by atoms with Crippen LogP contribution in [-0.2, 0) is 4.74 Å². The van der Waals surface area contributed by atoms with E-state index in [1.165, 1.54) is 7.11 Å².